The van der Waals surface area contributed by atoms with E-state index in [-0.39, 0.29) is 48.5 Å². The summed E-state index contributed by atoms with van der Waals surface area (Å²) in [6.45, 7) is 4.12. The molecule has 0 saturated carbocycles. The molecule has 32 heavy (non-hydrogen) atoms. The molecule has 3 aromatic rings. The van der Waals surface area contributed by atoms with Crippen LogP contribution in [0.2, 0.25) is 0 Å². The lowest BCUT2D eigenvalue weighted by molar-refractivity contribution is -0.136. The lowest BCUT2D eigenvalue weighted by Gasteiger charge is -2.33. The van der Waals surface area contributed by atoms with E-state index in [4.69, 9.17) is 4.74 Å². The van der Waals surface area contributed by atoms with Gasteiger partial charge in [-0.2, -0.15) is 0 Å². The highest BCUT2D eigenvalue weighted by Gasteiger charge is 2.26. The third-order valence-electron chi connectivity index (χ3n) is 5.57. The first-order chi connectivity index (χ1) is 15.2. The summed E-state index contributed by atoms with van der Waals surface area (Å²) in [6.07, 6.45) is 0.390. The lowest BCUT2D eigenvalue weighted by Crippen LogP contribution is -2.45. The number of methoxy groups -OCH3 is 1. The SMILES string of the molecule is COc1ccc(CN(C(=O)CCc2nc3c([nH]2)c(=O)[nH]c(=O)n3C)[C@H](CO)C(C)C)cc1. The van der Waals surface area contributed by atoms with Gasteiger partial charge in [0.05, 0.1) is 19.8 Å². The fourth-order valence-electron chi connectivity index (χ4n) is 3.63. The molecule has 0 saturated heterocycles. The van der Waals surface area contributed by atoms with Crippen molar-refractivity contribution in [2.24, 2.45) is 13.0 Å². The fourth-order valence-corrected chi connectivity index (χ4v) is 3.63. The Labute approximate surface area is 184 Å². The number of rotatable bonds is 9. The second-order valence-electron chi connectivity index (χ2n) is 8.06. The number of hydrogen-bond donors (Lipinski definition) is 3. The number of hydrogen-bond acceptors (Lipinski definition) is 6. The van der Waals surface area contributed by atoms with E-state index in [1.807, 2.05) is 38.1 Å². The van der Waals surface area contributed by atoms with E-state index in [1.165, 1.54) is 11.6 Å². The molecule has 1 atom stereocenters. The van der Waals surface area contributed by atoms with Crippen LogP contribution in [0.3, 0.4) is 0 Å². The van der Waals surface area contributed by atoms with Gasteiger partial charge < -0.3 is 19.7 Å². The van der Waals surface area contributed by atoms with Gasteiger partial charge in [-0.15, -0.1) is 0 Å². The van der Waals surface area contributed by atoms with Crippen molar-refractivity contribution >= 4 is 17.1 Å². The minimum absolute atomic E-state index is 0.0569. The number of aliphatic hydroxyl groups is 1. The molecule has 10 nitrogen and oxygen atoms in total. The van der Waals surface area contributed by atoms with Gasteiger partial charge in [0.2, 0.25) is 5.91 Å². The number of aromatic nitrogens is 4. The predicted molar refractivity (Wildman–Crippen MR) is 120 cm³/mol. The summed E-state index contributed by atoms with van der Waals surface area (Å²) in [7, 11) is 3.11. The number of H-pyrrole nitrogens is 2. The number of aliphatic hydroxyl groups excluding tert-OH is 1. The van der Waals surface area contributed by atoms with Crippen molar-refractivity contribution in [1.82, 2.24) is 24.4 Å². The molecule has 0 aliphatic carbocycles. The topological polar surface area (TPSA) is 133 Å². The monoisotopic (exact) mass is 443 g/mol. The number of carbonyl (C=O) groups is 1. The van der Waals surface area contributed by atoms with Gasteiger partial charge in [0, 0.05) is 26.4 Å². The van der Waals surface area contributed by atoms with Crippen LogP contribution >= 0.6 is 0 Å². The van der Waals surface area contributed by atoms with Crippen LogP contribution in [0.15, 0.2) is 33.9 Å². The minimum atomic E-state index is -0.551. The standard InChI is InChI=1S/C22H29N5O5/c1-13(2)16(12-28)27(11-14-5-7-15(32-4)8-6-14)18(29)10-9-17-23-19-20(24-17)26(3)22(31)25-21(19)30/h5-8,13,16,28H,9-12H2,1-4H3,(H,23,24)(H,25,30,31)/t16-/m1/s1. The Morgan fingerprint density at radius 2 is 1.91 bits per heavy atom. The average Bonchev–Trinajstić information content (AvgIpc) is 3.21. The second kappa shape index (κ2) is 9.82. The number of fused-ring (bicyclic) bond motifs is 1. The number of amides is 1. The maximum absolute atomic E-state index is 13.2. The van der Waals surface area contributed by atoms with Gasteiger partial charge in [-0.25, -0.2) is 9.78 Å². The van der Waals surface area contributed by atoms with Gasteiger partial charge >= 0.3 is 5.69 Å². The fraction of sp³-hybridized carbons (Fsp3) is 0.455. The number of imidazole rings is 1. The van der Waals surface area contributed by atoms with Crippen LogP contribution in [-0.4, -0.2) is 55.2 Å². The van der Waals surface area contributed by atoms with Crippen LogP contribution in [-0.2, 0) is 24.8 Å². The molecule has 0 unspecified atom stereocenters. The molecule has 3 N–H and O–H groups in total. The summed E-state index contributed by atoms with van der Waals surface area (Å²) in [4.78, 5) is 48.1. The number of ether oxygens (including phenoxy) is 1. The number of nitrogens with zero attached hydrogens (tertiary/aromatic N) is 3. The van der Waals surface area contributed by atoms with Crippen molar-refractivity contribution in [2.45, 2.75) is 39.3 Å². The zero-order valence-electron chi connectivity index (χ0n) is 18.7. The number of benzene rings is 1. The zero-order chi connectivity index (χ0) is 23.4. The van der Waals surface area contributed by atoms with E-state index in [2.05, 4.69) is 15.0 Å². The summed E-state index contributed by atoms with van der Waals surface area (Å²) >= 11 is 0. The van der Waals surface area contributed by atoms with E-state index < -0.39 is 11.2 Å². The lowest BCUT2D eigenvalue weighted by atomic mass is 10.0. The predicted octanol–water partition coefficient (Wildman–Crippen LogP) is 0.937. The van der Waals surface area contributed by atoms with E-state index in [0.717, 1.165) is 11.3 Å². The molecule has 10 heteroatoms. The van der Waals surface area contributed by atoms with Gasteiger partial charge in [-0.05, 0) is 23.6 Å². The van der Waals surface area contributed by atoms with E-state index in [1.54, 1.807) is 12.0 Å². The summed E-state index contributed by atoms with van der Waals surface area (Å²) in [5, 5.41) is 9.94. The van der Waals surface area contributed by atoms with Gasteiger partial charge in [0.15, 0.2) is 5.65 Å². The third kappa shape index (κ3) is 4.91. The average molecular weight is 444 g/mol. The molecule has 1 aromatic carbocycles. The third-order valence-corrected chi connectivity index (χ3v) is 5.57. The van der Waals surface area contributed by atoms with Crippen LogP contribution in [0, 0.1) is 5.92 Å². The first kappa shape index (κ1) is 23.3. The van der Waals surface area contributed by atoms with Crippen molar-refractivity contribution in [1.29, 1.82) is 0 Å². The molecule has 0 spiro atoms. The molecule has 0 aliphatic heterocycles. The van der Waals surface area contributed by atoms with Gasteiger partial charge in [-0.1, -0.05) is 26.0 Å². The van der Waals surface area contributed by atoms with E-state index in [0.29, 0.717) is 12.4 Å². The second-order valence-corrected chi connectivity index (χ2v) is 8.06. The molecular formula is C22H29N5O5. The normalized spacial score (nSPS) is 12.3. The van der Waals surface area contributed by atoms with Gasteiger partial charge in [0.1, 0.15) is 17.1 Å². The van der Waals surface area contributed by atoms with Crippen LogP contribution in [0.25, 0.3) is 11.2 Å². The van der Waals surface area contributed by atoms with Crippen molar-refractivity contribution in [2.75, 3.05) is 13.7 Å². The maximum atomic E-state index is 13.2. The summed E-state index contributed by atoms with van der Waals surface area (Å²) in [6, 6.07) is 7.10. The summed E-state index contributed by atoms with van der Waals surface area (Å²) < 4.78 is 6.43. The Morgan fingerprint density at radius 3 is 2.50 bits per heavy atom. The Bertz CT molecular complexity index is 1190. The van der Waals surface area contributed by atoms with Gasteiger partial charge in [0.25, 0.3) is 5.56 Å². The first-order valence-electron chi connectivity index (χ1n) is 10.5. The quantitative estimate of drug-likeness (QED) is 0.451. The maximum Gasteiger partial charge on any atom is 0.329 e. The molecule has 0 bridgehead atoms. The van der Waals surface area contributed by atoms with E-state index >= 15 is 0 Å². The Hall–Kier alpha value is -3.40. The van der Waals surface area contributed by atoms with Crippen molar-refractivity contribution < 1.29 is 14.6 Å². The van der Waals surface area contributed by atoms with Crippen LogP contribution < -0.4 is 16.0 Å². The number of aromatic amines is 2. The van der Waals surface area contributed by atoms with Crippen LogP contribution in [0.4, 0.5) is 0 Å². The Morgan fingerprint density at radius 1 is 1.22 bits per heavy atom. The molecule has 2 aromatic heterocycles. The number of nitrogens with one attached hydrogen (secondary N) is 2. The van der Waals surface area contributed by atoms with E-state index in [9.17, 15) is 19.5 Å². The number of aryl methyl sites for hydroxylation is 2. The Balaban J connectivity index is 1.80. The largest absolute Gasteiger partial charge is 0.497 e. The first-order valence-corrected chi connectivity index (χ1v) is 10.5. The summed E-state index contributed by atoms with van der Waals surface area (Å²) in [5.41, 5.74) is 0.259. The van der Waals surface area contributed by atoms with Crippen molar-refractivity contribution in [3.63, 3.8) is 0 Å². The molecule has 172 valence electrons. The Kier molecular flexibility index (Phi) is 7.14. The molecule has 3 rings (SSSR count). The van der Waals surface area contributed by atoms with Crippen LogP contribution in [0.1, 0.15) is 31.7 Å². The molecular weight excluding hydrogens is 414 g/mol. The van der Waals surface area contributed by atoms with Crippen LogP contribution in [0.5, 0.6) is 5.75 Å². The molecule has 0 aliphatic rings. The highest BCUT2D eigenvalue weighted by atomic mass is 16.5. The highest BCUT2D eigenvalue weighted by molar-refractivity contribution is 5.77. The molecule has 1 amide bonds. The molecule has 0 radical (unpaired) electrons. The van der Waals surface area contributed by atoms with Crippen molar-refractivity contribution in [3.05, 3.63) is 56.5 Å². The smallest absolute Gasteiger partial charge is 0.329 e. The van der Waals surface area contributed by atoms with Crippen molar-refractivity contribution in [3.8, 4) is 5.75 Å². The molecule has 2 heterocycles. The van der Waals surface area contributed by atoms with Gasteiger partial charge in [-0.3, -0.25) is 19.1 Å². The number of carbonyl (C=O) groups excluding carboxylic acids is 1. The summed E-state index contributed by atoms with van der Waals surface area (Å²) in [5.74, 6) is 1.08. The zero-order valence-corrected chi connectivity index (χ0v) is 18.7. The minimum Gasteiger partial charge on any atom is -0.497 e. The highest BCUT2D eigenvalue weighted by Crippen LogP contribution is 2.19. The molecule has 0 fully saturated rings.